The molecule has 11 heteroatoms. The number of thioether (sulfide) groups is 1. The minimum atomic E-state index is -2.76. The van der Waals surface area contributed by atoms with Crippen LogP contribution in [-0.4, -0.2) is 64.9 Å². The molecule has 4 bridgehead atoms. The molecular weight excluding hydrogens is 516 g/mol. The van der Waals surface area contributed by atoms with E-state index in [0.29, 0.717) is 60.5 Å². The van der Waals surface area contributed by atoms with Crippen LogP contribution in [-0.2, 0) is 9.47 Å². The lowest BCUT2D eigenvalue weighted by Crippen LogP contribution is -2.62. The molecule has 6 fully saturated rings. The average molecular weight is 552 g/mol. The molecule has 1 aromatic heterocycles. The number of rotatable bonds is 8. The number of hydrogen-bond donors (Lipinski definition) is 2. The number of carboxylic acid groups (broad SMARTS) is 1. The van der Waals surface area contributed by atoms with E-state index < -0.39 is 24.5 Å². The lowest BCUT2D eigenvalue weighted by Gasteiger charge is -2.59. The van der Waals surface area contributed by atoms with Crippen LogP contribution in [0.1, 0.15) is 74.6 Å². The predicted octanol–water partition coefficient (Wildman–Crippen LogP) is 5.31. The first-order valence-electron chi connectivity index (χ1n) is 13.9. The molecule has 208 valence electrons. The number of carbonyl (C=O) groups is 2. The molecule has 6 aliphatic rings. The van der Waals surface area contributed by atoms with Gasteiger partial charge in [0.2, 0.25) is 0 Å². The number of amides is 1. The highest BCUT2D eigenvalue weighted by atomic mass is 32.2. The number of nitrogens with zero attached hydrogens (tertiary/aromatic N) is 2. The molecule has 1 saturated heterocycles. The monoisotopic (exact) mass is 551 g/mol. The van der Waals surface area contributed by atoms with Crippen molar-refractivity contribution in [2.24, 2.45) is 17.8 Å². The van der Waals surface area contributed by atoms with Gasteiger partial charge in [-0.2, -0.15) is 8.78 Å². The number of hydrogen-bond acceptors (Lipinski definition) is 7. The van der Waals surface area contributed by atoms with Crippen LogP contribution >= 0.6 is 11.8 Å². The summed E-state index contributed by atoms with van der Waals surface area (Å²) in [7, 11) is 0. The van der Waals surface area contributed by atoms with Gasteiger partial charge >= 0.3 is 12.8 Å². The molecule has 0 radical (unpaired) electrons. The topological polar surface area (TPSA) is 101 Å². The Morgan fingerprint density at radius 1 is 1.13 bits per heavy atom. The standard InChI is InChI=1S/C27H35F2N3O5S/c28-25(29)37-27-11-15-9-16(12-27)22(17(10-15)13-27)31-23(33)20-5-6-21(30-24(20)38-19-3-1-2-4-19)32-8-7-18(14-32)36-26(34)35/h5-6,15-19,22,25H,1-4,7-14H2,(H,31,33)(H,34,35)/t15?,16?,17?,18-,22-,27+/m1/s1. The number of alkyl halides is 2. The van der Waals surface area contributed by atoms with Gasteiger partial charge in [-0.3, -0.25) is 4.79 Å². The molecule has 0 spiro atoms. The van der Waals surface area contributed by atoms with Crippen LogP contribution in [0.2, 0.25) is 0 Å². The second kappa shape index (κ2) is 10.4. The molecule has 2 N–H and O–H groups in total. The first kappa shape index (κ1) is 26.1. The maximum atomic E-state index is 13.7. The van der Waals surface area contributed by atoms with Crippen molar-refractivity contribution in [3.05, 3.63) is 17.7 Å². The van der Waals surface area contributed by atoms with Gasteiger partial charge < -0.3 is 24.8 Å². The highest BCUT2D eigenvalue weighted by Gasteiger charge is 2.57. The molecule has 0 aromatic carbocycles. The summed E-state index contributed by atoms with van der Waals surface area (Å²) in [6.07, 6.45) is 7.22. The minimum Gasteiger partial charge on any atom is -0.450 e. The summed E-state index contributed by atoms with van der Waals surface area (Å²) >= 11 is 1.66. The molecule has 7 rings (SSSR count). The number of anilines is 1. The normalized spacial score (nSPS) is 34.3. The number of nitrogens with one attached hydrogen (secondary N) is 1. The predicted molar refractivity (Wildman–Crippen MR) is 137 cm³/mol. The molecule has 3 atom stereocenters. The van der Waals surface area contributed by atoms with E-state index >= 15 is 0 Å². The summed E-state index contributed by atoms with van der Waals surface area (Å²) in [5.74, 6) is 1.26. The molecule has 2 heterocycles. The third kappa shape index (κ3) is 5.33. The quantitative estimate of drug-likeness (QED) is 0.420. The Labute approximate surface area is 225 Å². The van der Waals surface area contributed by atoms with E-state index in [4.69, 9.17) is 19.6 Å². The van der Waals surface area contributed by atoms with Crippen molar-refractivity contribution in [2.75, 3.05) is 18.0 Å². The summed E-state index contributed by atoms with van der Waals surface area (Å²) in [5.41, 5.74) is -0.188. The van der Waals surface area contributed by atoms with E-state index in [1.165, 1.54) is 12.8 Å². The van der Waals surface area contributed by atoms with Gasteiger partial charge in [0.25, 0.3) is 5.91 Å². The summed E-state index contributed by atoms with van der Waals surface area (Å²) < 4.78 is 36.5. The summed E-state index contributed by atoms with van der Waals surface area (Å²) in [5, 5.41) is 13.4. The third-order valence-electron chi connectivity index (χ3n) is 9.26. The summed E-state index contributed by atoms with van der Waals surface area (Å²) in [6, 6.07) is 3.63. The van der Waals surface area contributed by atoms with Gasteiger partial charge in [0.1, 0.15) is 16.9 Å². The van der Waals surface area contributed by atoms with Crippen LogP contribution < -0.4 is 10.2 Å². The Kier molecular flexibility index (Phi) is 7.17. The SMILES string of the molecule is O=C(O)O[C@@H]1CCN(c2ccc(C(=O)N[C@H]3C4CC5CC3C[C@@](OC(F)F)(C5)C4)c(SC3CCCC3)n2)C1. The first-order valence-corrected chi connectivity index (χ1v) is 14.7. The fourth-order valence-corrected chi connectivity index (χ4v) is 9.28. The van der Waals surface area contributed by atoms with E-state index in [-0.39, 0.29) is 23.8 Å². The number of halogens is 2. The molecule has 2 unspecified atom stereocenters. The zero-order valence-corrected chi connectivity index (χ0v) is 22.1. The van der Waals surface area contributed by atoms with Gasteiger partial charge in [-0.25, -0.2) is 9.78 Å². The fourth-order valence-electron chi connectivity index (χ4n) is 7.96. The minimum absolute atomic E-state index is 0.0371. The molecule has 5 aliphatic carbocycles. The average Bonchev–Trinajstić information content (AvgIpc) is 3.52. The van der Waals surface area contributed by atoms with Crippen LogP contribution in [0.5, 0.6) is 0 Å². The lowest BCUT2D eigenvalue weighted by molar-refractivity contribution is -0.260. The number of ether oxygens (including phenoxy) is 2. The van der Waals surface area contributed by atoms with E-state index in [9.17, 15) is 18.4 Å². The number of aromatic nitrogens is 1. The van der Waals surface area contributed by atoms with Crippen molar-refractivity contribution in [2.45, 2.75) is 98.8 Å². The van der Waals surface area contributed by atoms with Crippen LogP contribution in [0.4, 0.5) is 19.4 Å². The Morgan fingerprint density at radius 2 is 1.87 bits per heavy atom. The van der Waals surface area contributed by atoms with Gasteiger partial charge in [0.05, 0.1) is 17.7 Å². The largest absolute Gasteiger partial charge is 0.506 e. The summed E-state index contributed by atoms with van der Waals surface area (Å²) in [6.45, 7) is -1.69. The number of pyridine rings is 1. The lowest BCUT2D eigenvalue weighted by atomic mass is 9.52. The highest BCUT2D eigenvalue weighted by molar-refractivity contribution is 7.99. The third-order valence-corrected chi connectivity index (χ3v) is 10.6. The zero-order valence-electron chi connectivity index (χ0n) is 21.3. The first-order chi connectivity index (χ1) is 18.3. The van der Waals surface area contributed by atoms with E-state index in [2.05, 4.69) is 5.32 Å². The maximum absolute atomic E-state index is 13.7. The second-order valence-corrected chi connectivity index (χ2v) is 13.1. The molecule has 38 heavy (non-hydrogen) atoms. The van der Waals surface area contributed by atoms with Gasteiger partial charge in [0.15, 0.2) is 0 Å². The molecule has 5 saturated carbocycles. The molecule has 1 aromatic rings. The van der Waals surface area contributed by atoms with Crippen LogP contribution in [0, 0.1) is 17.8 Å². The van der Waals surface area contributed by atoms with Gasteiger partial charge in [-0.1, -0.05) is 12.8 Å². The zero-order chi connectivity index (χ0) is 26.4. The van der Waals surface area contributed by atoms with Crippen molar-refractivity contribution in [3.8, 4) is 0 Å². The van der Waals surface area contributed by atoms with Gasteiger partial charge in [-0.15, -0.1) is 11.8 Å². The second-order valence-electron chi connectivity index (χ2n) is 11.8. The van der Waals surface area contributed by atoms with Crippen molar-refractivity contribution in [1.29, 1.82) is 0 Å². The Balaban J connectivity index is 1.19. The van der Waals surface area contributed by atoms with E-state index in [0.717, 1.165) is 31.5 Å². The molecule has 1 aliphatic heterocycles. The highest BCUT2D eigenvalue weighted by Crippen LogP contribution is 2.57. The van der Waals surface area contributed by atoms with Crippen molar-refractivity contribution in [3.63, 3.8) is 0 Å². The smallest absolute Gasteiger partial charge is 0.450 e. The van der Waals surface area contributed by atoms with Crippen LogP contribution in [0.15, 0.2) is 17.2 Å². The van der Waals surface area contributed by atoms with Gasteiger partial charge in [-0.05, 0) is 74.8 Å². The molecule has 1 amide bonds. The van der Waals surface area contributed by atoms with Gasteiger partial charge in [0, 0.05) is 24.3 Å². The van der Waals surface area contributed by atoms with E-state index in [1.54, 1.807) is 11.8 Å². The summed E-state index contributed by atoms with van der Waals surface area (Å²) in [4.78, 5) is 31.5. The van der Waals surface area contributed by atoms with E-state index in [1.807, 2.05) is 17.0 Å². The van der Waals surface area contributed by atoms with Crippen LogP contribution in [0.25, 0.3) is 0 Å². The van der Waals surface area contributed by atoms with Crippen molar-refractivity contribution >= 4 is 29.6 Å². The van der Waals surface area contributed by atoms with Crippen LogP contribution in [0.3, 0.4) is 0 Å². The Morgan fingerprint density at radius 3 is 2.55 bits per heavy atom. The Hall–Kier alpha value is -2.14. The molecule has 8 nitrogen and oxygen atoms in total. The molecular formula is C27H35F2N3O5S. The maximum Gasteiger partial charge on any atom is 0.506 e. The van der Waals surface area contributed by atoms with Crippen molar-refractivity contribution in [1.82, 2.24) is 10.3 Å². The van der Waals surface area contributed by atoms with Crippen molar-refractivity contribution < 1.29 is 33.0 Å². The number of carbonyl (C=O) groups excluding carboxylic acids is 1. The Bertz CT molecular complexity index is 1050. The fraction of sp³-hybridized carbons (Fsp3) is 0.741.